The molecule has 2 N–H and O–H groups in total. The molecule has 1 aromatic carbocycles. The average molecular weight is 193 g/mol. The van der Waals surface area contributed by atoms with Crippen molar-refractivity contribution in [2.45, 2.75) is 25.4 Å². The van der Waals surface area contributed by atoms with Crippen LogP contribution in [0.4, 0.5) is 0 Å². The molecule has 0 fully saturated rings. The topological polar surface area (TPSA) is 32.3 Å². The van der Waals surface area contributed by atoms with Crippen molar-refractivity contribution in [3.63, 3.8) is 0 Å². The molecule has 2 nitrogen and oxygen atoms in total. The summed E-state index contributed by atoms with van der Waals surface area (Å²) < 4.78 is 0. The number of rotatable bonds is 5. The van der Waals surface area contributed by atoms with Crippen LogP contribution in [0.1, 0.15) is 25.3 Å². The lowest BCUT2D eigenvalue weighted by molar-refractivity contribution is 0.0289. The van der Waals surface area contributed by atoms with Crippen LogP contribution >= 0.6 is 0 Å². The second kappa shape index (κ2) is 5.13. The van der Waals surface area contributed by atoms with E-state index in [0.717, 1.165) is 18.4 Å². The molecule has 0 aliphatic rings. The summed E-state index contributed by atoms with van der Waals surface area (Å²) in [4.78, 5) is 0. The summed E-state index contributed by atoms with van der Waals surface area (Å²) in [6, 6.07) is 9.85. The molecule has 0 bridgehead atoms. The van der Waals surface area contributed by atoms with Crippen molar-refractivity contribution in [3.8, 4) is 0 Å². The summed E-state index contributed by atoms with van der Waals surface area (Å²) >= 11 is 0. The highest BCUT2D eigenvalue weighted by Crippen LogP contribution is 2.25. The highest BCUT2D eigenvalue weighted by Gasteiger charge is 2.26. The van der Waals surface area contributed by atoms with E-state index in [0.29, 0.717) is 6.54 Å². The van der Waals surface area contributed by atoms with Gasteiger partial charge in [0.2, 0.25) is 0 Å². The van der Waals surface area contributed by atoms with E-state index < -0.39 is 5.60 Å². The summed E-state index contributed by atoms with van der Waals surface area (Å²) in [6.07, 6.45) is 1.77. The zero-order valence-electron chi connectivity index (χ0n) is 8.96. The Morgan fingerprint density at radius 3 is 2.43 bits per heavy atom. The summed E-state index contributed by atoms with van der Waals surface area (Å²) in [5, 5.41) is 13.5. The Hall–Kier alpha value is -0.860. The van der Waals surface area contributed by atoms with Crippen molar-refractivity contribution >= 4 is 0 Å². The van der Waals surface area contributed by atoms with E-state index in [2.05, 4.69) is 12.2 Å². The third-order valence-electron chi connectivity index (χ3n) is 2.44. The lowest BCUT2D eigenvalue weighted by Crippen LogP contribution is -2.36. The van der Waals surface area contributed by atoms with Crippen LogP contribution in [0.15, 0.2) is 30.3 Å². The molecule has 0 amide bonds. The quantitative estimate of drug-likeness (QED) is 0.748. The molecule has 14 heavy (non-hydrogen) atoms. The first-order valence-electron chi connectivity index (χ1n) is 5.15. The van der Waals surface area contributed by atoms with E-state index in [1.807, 2.05) is 37.4 Å². The lowest BCUT2D eigenvalue weighted by atomic mass is 9.89. The Balaban J connectivity index is 2.87. The van der Waals surface area contributed by atoms with Gasteiger partial charge < -0.3 is 10.4 Å². The van der Waals surface area contributed by atoms with Gasteiger partial charge in [0, 0.05) is 6.54 Å². The third-order valence-corrected chi connectivity index (χ3v) is 2.44. The van der Waals surface area contributed by atoms with Crippen LogP contribution in [0.2, 0.25) is 0 Å². The van der Waals surface area contributed by atoms with Crippen molar-refractivity contribution in [1.82, 2.24) is 5.32 Å². The predicted octanol–water partition coefficient (Wildman–Crippen LogP) is 1.89. The molecule has 1 atom stereocenters. The van der Waals surface area contributed by atoms with Gasteiger partial charge in [0.1, 0.15) is 5.60 Å². The molecule has 0 spiro atoms. The van der Waals surface area contributed by atoms with E-state index >= 15 is 0 Å². The summed E-state index contributed by atoms with van der Waals surface area (Å²) in [5.41, 5.74) is 0.279. The van der Waals surface area contributed by atoms with E-state index in [1.165, 1.54) is 0 Å². The normalized spacial score (nSPS) is 15.1. The van der Waals surface area contributed by atoms with Crippen LogP contribution in [0.25, 0.3) is 0 Å². The van der Waals surface area contributed by atoms with Gasteiger partial charge in [0.25, 0.3) is 0 Å². The number of nitrogens with one attached hydrogen (secondary N) is 1. The zero-order valence-corrected chi connectivity index (χ0v) is 8.96. The second-order valence-corrected chi connectivity index (χ2v) is 3.68. The van der Waals surface area contributed by atoms with Crippen LogP contribution in [0.3, 0.4) is 0 Å². The molecule has 0 saturated heterocycles. The first-order chi connectivity index (χ1) is 6.73. The van der Waals surface area contributed by atoms with Gasteiger partial charge in [-0.25, -0.2) is 0 Å². The largest absolute Gasteiger partial charge is 0.384 e. The van der Waals surface area contributed by atoms with Crippen LogP contribution in [0, 0.1) is 0 Å². The minimum Gasteiger partial charge on any atom is -0.384 e. The molecular formula is C12H19NO. The highest BCUT2D eigenvalue weighted by molar-refractivity contribution is 5.22. The number of hydrogen-bond acceptors (Lipinski definition) is 2. The van der Waals surface area contributed by atoms with Gasteiger partial charge in [0.15, 0.2) is 0 Å². The van der Waals surface area contributed by atoms with E-state index in [9.17, 15) is 5.11 Å². The standard InChI is InChI=1S/C12H19NO/c1-3-9-12(14,10-13-2)11-7-5-4-6-8-11/h4-8,13-14H,3,9-10H2,1-2H3. The van der Waals surface area contributed by atoms with Crippen molar-refractivity contribution in [2.75, 3.05) is 13.6 Å². The van der Waals surface area contributed by atoms with Gasteiger partial charge in [0.05, 0.1) is 0 Å². The predicted molar refractivity (Wildman–Crippen MR) is 59.2 cm³/mol. The van der Waals surface area contributed by atoms with Crippen molar-refractivity contribution in [2.24, 2.45) is 0 Å². The summed E-state index contributed by atoms with van der Waals surface area (Å²) in [5.74, 6) is 0. The molecule has 0 aromatic heterocycles. The maximum absolute atomic E-state index is 10.4. The molecule has 0 radical (unpaired) electrons. The lowest BCUT2D eigenvalue weighted by Gasteiger charge is -2.28. The summed E-state index contributed by atoms with van der Waals surface area (Å²) in [7, 11) is 1.86. The van der Waals surface area contributed by atoms with E-state index in [-0.39, 0.29) is 0 Å². The Bertz CT molecular complexity index is 252. The average Bonchev–Trinajstić information content (AvgIpc) is 2.20. The highest BCUT2D eigenvalue weighted by atomic mass is 16.3. The third kappa shape index (κ3) is 2.56. The maximum atomic E-state index is 10.4. The van der Waals surface area contributed by atoms with Crippen LogP contribution in [-0.2, 0) is 5.60 Å². The van der Waals surface area contributed by atoms with Crippen molar-refractivity contribution < 1.29 is 5.11 Å². The fourth-order valence-electron chi connectivity index (χ4n) is 1.79. The van der Waals surface area contributed by atoms with Gasteiger partial charge in [-0.1, -0.05) is 43.7 Å². The monoisotopic (exact) mass is 193 g/mol. The van der Waals surface area contributed by atoms with Gasteiger partial charge in [-0.2, -0.15) is 0 Å². The SMILES string of the molecule is CCCC(O)(CNC)c1ccccc1. The molecule has 1 rings (SSSR count). The molecule has 1 aromatic rings. The van der Waals surface area contributed by atoms with Crippen molar-refractivity contribution in [1.29, 1.82) is 0 Å². The maximum Gasteiger partial charge on any atom is 0.102 e. The van der Waals surface area contributed by atoms with Gasteiger partial charge in [-0.3, -0.25) is 0 Å². The smallest absolute Gasteiger partial charge is 0.102 e. The minimum atomic E-state index is -0.717. The minimum absolute atomic E-state index is 0.602. The molecule has 78 valence electrons. The number of hydrogen-bond donors (Lipinski definition) is 2. The Morgan fingerprint density at radius 2 is 1.93 bits per heavy atom. The van der Waals surface area contributed by atoms with E-state index in [4.69, 9.17) is 0 Å². The molecule has 2 heteroatoms. The Morgan fingerprint density at radius 1 is 1.29 bits per heavy atom. The van der Waals surface area contributed by atoms with Crippen molar-refractivity contribution in [3.05, 3.63) is 35.9 Å². The van der Waals surface area contributed by atoms with Gasteiger partial charge >= 0.3 is 0 Å². The molecule has 0 heterocycles. The number of aliphatic hydroxyl groups is 1. The Kier molecular flexibility index (Phi) is 4.11. The van der Waals surface area contributed by atoms with Gasteiger partial charge in [-0.15, -0.1) is 0 Å². The van der Waals surface area contributed by atoms with E-state index in [1.54, 1.807) is 0 Å². The molecule has 1 unspecified atom stereocenters. The fraction of sp³-hybridized carbons (Fsp3) is 0.500. The number of benzene rings is 1. The summed E-state index contributed by atoms with van der Waals surface area (Å²) in [6.45, 7) is 2.69. The molecular weight excluding hydrogens is 174 g/mol. The molecule has 0 aliphatic carbocycles. The van der Waals surface area contributed by atoms with Crippen LogP contribution in [-0.4, -0.2) is 18.7 Å². The fourth-order valence-corrected chi connectivity index (χ4v) is 1.79. The van der Waals surface area contributed by atoms with Gasteiger partial charge in [-0.05, 0) is 19.0 Å². The van der Waals surface area contributed by atoms with Crippen LogP contribution in [0.5, 0.6) is 0 Å². The van der Waals surface area contributed by atoms with Crippen LogP contribution < -0.4 is 5.32 Å². The molecule has 0 saturated carbocycles. The number of likely N-dealkylation sites (N-methyl/N-ethyl adjacent to an activating group) is 1. The Labute approximate surface area is 86.0 Å². The zero-order chi connectivity index (χ0) is 10.4. The first kappa shape index (κ1) is 11.2. The second-order valence-electron chi connectivity index (χ2n) is 3.68. The first-order valence-corrected chi connectivity index (χ1v) is 5.15. The molecule has 0 aliphatic heterocycles.